The van der Waals surface area contributed by atoms with Gasteiger partial charge in [-0.25, -0.2) is 4.79 Å². The molecule has 0 aliphatic rings. The van der Waals surface area contributed by atoms with E-state index in [9.17, 15) is 107 Å². The summed E-state index contributed by atoms with van der Waals surface area (Å²) in [5.41, 5.74) is 0. The first-order valence-corrected chi connectivity index (χ1v) is 10.3. The fraction of sp³-hybridized carbons (Fsp3) is 0.812. The number of hydrogen-bond acceptors (Lipinski definition) is 5. The van der Waals surface area contributed by atoms with E-state index in [1.54, 1.807) is 0 Å². The SMILES string of the molecule is O=C(CCC(F)(F)C(F)(F)C(F)(F)C(F)(F)C(F)(F)C(F)(F)C(F)(F)C(F)(F)C(F)(F)C(F)(F)F)SC(=O)C(O)C(=O)O. The van der Waals surface area contributed by atoms with E-state index in [2.05, 4.69) is 0 Å². The molecule has 0 spiro atoms. The van der Waals surface area contributed by atoms with Crippen LogP contribution in [0.25, 0.3) is 0 Å². The van der Waals surface area contributed by atoms with E-state index < -0.39 is 106 Å². The maximum atomic E-state index is 13.8. The zero-order valence-corrected chi connectivity index (χ0v) is 19.8. The van der Waals surface area contributed by atoms with Crippen molar-refractivity contribution in [3.05, 3.63) is 0 Å². The molecule has 0 amide bonds. The molecule has 2 N–H and O–H groups in total. The molecule has 0 aliphatic carbocycles. The van der Waals surface area contributed by atoms with Crippen molar-refractivity contribution in [2.75, 3.05) is 0 Å². The Balaban J connectivity index is 6.64. The molecular formula is C16H7F21O5S. The first-order chi connectivity index (χ1) is 18.4. The minimum atomic E-state index is -9.31. The summed E-state index contributed by atoms with van der Waals surface area (Å²) in [6, 6.07) is 0. The predicted molar refractivity (Wildman–Crippen MR) is 91.1 cm³/mol. The molecule has 0 saturated carbocycles. The van der Waals surface area contributed by atoms with E-state index in [0.29, 0.717) is 0 Å². The molecule has 0 heterocycles. The van der Waals surface area contributed by atoms with Gasteiger partial charge in [-0.05, 0) is 11.8 Å². The lowest BCUT2D eigenvalue weighted by molar-refractivity contribution is -0.474. The first kappa shape index (κ1) is 40.6. The number of halogens is 21. The van der Waals surface area contributed by atoms with Gasteiger partial charge in [0.25, 0.3) is 0 Å². The van der Waals surface area contributed by atoms with Crippen LogP contribution >= 0.6 is 11.8 Å². The standard InChI is InChI=1S/C16H7F21O5S/c17-7(18,2-1-3(38)43-6(42)4(39)5(40)41)8(19,20)9(21,22)10(23,24)11(25,26)12(27,28)13(29,30)14(31,32)15(33,34)16(35,36)37/h4,39H,1-2H2,(H,40,41). The molecule has 5 nitrogen and oxygen atoms in total. The number of rotatable bonds is 13. The van der Waals surface area contributed by atoms with Crippen molar-refractivity contribution in [3.8, 4) is 0 Å². The van der Waals surface area contributed by atoms with Crippen molar-refractivity contribution in [1.29, 1.82) is 0 Å². The highest BCUT2D eigenvalue weighted by Gasteiger charge is 2.97. The van der Waals surface area contributed by atoms with Crippen molar-refractivity contribution in [2.24, 2.45) is 0 Å². The van der Waals surface area contributed by atoms with Gasteiger partial charge in [0.2, 0.25) is 11.2 Å². The van der Waals surface area contributed by atoms with Crippen molar-refractivity contribution in [2.45, 2.75) is 78.4 Å². The third-order valence-corrected chi connectivity index (χ3v) is 5.75. The summed E-state index contributed by atoms with van der Waals surface area (Å²) in [7, 11) is 0. The number of alkyl halides is 21. The summed E-state index contributed by atoms with van der Waals surface area (Å²) in [5, 5.41) is 12.5. The number of carbonyl (C=O) groups excluding carboxylic acids is 2. The third-order valence-electron chi connectivity index (χ3n) is 4.89. The van der Waals surface area contributed by atoms with Crippen molar-refractivity contribution in [3.63, 3.8) is 0 Å². The number of hydrogen-bond donors (Lipinski definition) is 2. The number of aliphatic hydroxyl groups is 1. The van der Waals surface area contributed by atoms with Gasteiger partial charge in [0.05, 0.1) is 0 Å². The molecule has 0 aromatic rings. The van der Waals surface area contributed by atoms with Crippen molar-refractivity contribution in [1.82, 2.24) is 0 Å². The zero-order valence-electron chi connectivity index (χ0n) is 19.0. The molecule has 0 aromatic heterocycles. The van der Waals surface area contributed by atoms with Crippen LogP contribution < -0.4 is 0 Å². The van der Waals surface area contributed by atoms with Gasteiger partial charge in [0.1, 0.15) is 0 Å². The third kappa shape index (κ3) is 6.02. The number of thioether (sulfide) groups is 1. The Labute approximate surface area is 224 Å². The Morgan fingerprint density at radius 3 is 1.07 bits per heavy atom. The smallest absolute Gasteiger partial charge is 0.460 e. The molecule has 0 aliphatic heterocycles. The number of carbonyl (C=O) groups is 3. The molecule has 0 radical (unpaired) electrons. The van der Waals surface area contributed by atoms with E-state index in [1.807, 2.05) is 0 Å². The molecule has 0 rings (SSSR count). The molecule has 254 valence electrons. The summed E-state index contributed by atoms with van der Waals surface area (Å²) >= 11 is -1.12. The number of aliphatic carboxylic acids is 1. The average molecular weight is 710 g/mol. The van der Waals surface area contributed by atoms with Gasteiger partial charge in [-0.2, -0.15) is 92.2 Å². The minimum absolute atomic E-state index is 1.12. The van der Waals surface area contributed by atoms with Crippen LogP contribution in [0, 0.1) is 0 Å². The quantitative estimate of drug-likeness (QED) is 0.173. The van der Waals surface area contributed by atoms with E-state index >= 15 is 0 Å². The lowest BCUT2D eigenvalue weighted by atomic mass is 9.85. The van der Waals surface area contributed by atoms with Crippen molar-refractivity contribution < 1.29 is 117 Å². The molecule has 43 heavy (non-hydrogen) atoms. The lowest BCUT2D eigenvalue weighted by Crippen LogP contribution is -2.76. The van der Waals surface area contributed by atoms with Crippen LogP contribution in [0.3, 0.4) is 0 Å². The Bertz CT molecular complexity index is 1080. The summed E-state index contributed by atoms with van der Waals surface area (Å²) in [5.74, 6) is -81.0. The van der Waals surface area contributed by atoms with Gasteiger partial charge in [0.15, 0.2) is 5.12 Å². The fourth-order valence-corrected chi connectivity index (χ4v) is 2.97. The maximum absolute atomic E-state index is 13.8. The predicted octanol–water partition coefficient (Wildman–Crippen LogP) is 6.28. The second kappa shape index (κ2) is 11.2. The van der Waals surface area contributed by atoms with Crippen LogP contribution in [0.1, 0.15) is 12.8 Å². The van der Waals surface area contributed by atoms with Gasteiger partial charge >= 0.3 is 65.4 Å². The van der Waals surface area contributed by atoms with Crippen LogP contribution in [0.5, 0.6) is 0 Å². The van der Waals surface area contributed by atoms with Gasteiger partial charge in [-0.3, -0.25) is 9.59 Å². The molecule has 0 bridgehead atoms. The van der Waals surface area contributed by atoms with E-state index in [0.717, 1.165) is 0 Å². The average Bonchev–Trinajstić information content (AvgIpc) is 2.80. The summed E-state index contributed by atoms with van der Waals surface area (Å²) in [4.78, 5) is 32.6. The zero-order chi connectivity index (χ0) is 35.4. The number of carboxylic acid groups (broad SMARTS) is 1. The van der Waals surface area contributed by atoms with Crippen LogP contribution in [0.15, 0.2) is 0 Å². The lowest BCUT2D eigenvalue weighted by Gasteiger charge is -2.44. The Morgan fingerprint density at radius 1 is 0.512 bits per heavy atom. The van der Waals surface area contributed by atoms with Gasteiger partial charge in [-0.15, -0.1) is 0 Å². The van der Waals surface area contributed by atoms with E-state index in [1.165, 1.54) is 0 Å². The Morgan fingerprint density at radius 2 is 0.791 bits per heavy atom. The summed E-state index contributed by atoms with van der Waals surface area (Å²) < 4.78 is 279. The van der Waals surface area contributed by atoms with Crippen LogP contribution in [-0.4, -0.2) is 92.0 Å². The highest BCUT2D eigenvalue weighted by atomic mass is 32.2. The molecule has 0 saturated heterocycles. The summed E-state index contributed by atoms with van der Waals surface area (Å²) in [6.45, 7) is 0. The minimum Gasteiger partial charge on any atom is -0.479 e. The fourth-order valence-electron chi connectivity index (χ4n) is 2.33. The second-order valence-electron chi connectivity index (χ2n) is 7.83. The second-order valence-corrected chi connectivity index (χ2v) is 8.89. The maximum Gasteiger partial charge on any atom is 0.460 e. The molecule has 1 unspecified atom stereocenters. The molecular weight excluding hydrogens is 703 g/mol. The van der Waals surface area contributed by atoms with Gasteiger partial charge in [0, 0.05) is 12.8 Å². The summed E-state index contributed by atoms with van der Waals surface area (Å²) in [6.07, 6.45) is -16.9. The topological polar surface area (TPSA) is 91.7 Å². The first-order valence-electron chi connectivity index (χ1n) is 9.51. The highest BCUT2D eigenvalue weighted by Crippen LogP contribution is 2.66. The van der Waals surface area contributed by atoms with Crippen molar-refractivity contribution >= 4 is 28.0 Å². The molecule has 0 aromatic carbocycles. The van der Waals surface area contributed by atoms with Crippen LogP contribution in [-0.2, 0) is 14.4 Å². The van der Waals surface area contributed by atoms with Gasteiger partial charge in [-0.1, -0.05) is 0 Å². The molecule has 0 fully saturated rings. The monoisotopic (exact) mass is 710 g/mol. The highest BCUT2D eigenvalue weighted by molar-refractivity contribution is 8.26. The number of aliphatic hydroxyl groups excluding tert-OH is 1. The normalized spacial score (nSPS) is 16.2. The number of carboxylic acids is 1. The molecule has 27 heteroatoms. The van der Waals surface area contributed by atoms with Crippen LogP contribution in [0.2, 0.25) is 0 Å². The van der Waals surface area contributed by atoms with E-state index in [-0.39, 0.29) is 0 Å². The molecule has 1 atom stereocenters. The Kier molecular flexibility index (Phi) is 10.6. The van der Waals surface area contributed by atoms with Gasteiger partial charge < -0.3 is 10.2 Å². The largest absolute Gasteiger partial charge is 0.479 e. The Hall–Kier alpha value is -2.35. The van der Waals surface area contributed by atoms with Crippen LogP contribution in [0.4, 0.5) is 92.2 Å². The van der Waals surface area contributed by atoms with E-state index in [4.69, 9.17) is 10.2 Å².